The van der Waals surface area contributed by atoms with Crippen molar-refractivity contribution in [3.05, 3.63) is 71.1 Å². The minimum atomic E-state index is -0.149. The first-order valence-electron chi connectivity index (χ1n) is 7.06. The lowest BCUT2D eigenvalue weighted by atomic mass is 10.1. The Morgan fingerprint density at radius 1 is 1.13 bits per heavy atom. The van der Waals surface area contributed by atoms with E-state index < -0.39 is 0 Å². The molecule has 116 valence electrons. The summed E-state index contributed by atoms with van der Waals surface area (Å²) >= 11 is 5.87. The second-order valence-electron chi connectivity index (χ2n) is 5.07. The number of benzene rings is 2. The van der Waals surface area contributed by atoms with E-state index in [2.05, 4.69) is 15.5 Å². The molecule has 1 atom stereocenters. The highest BCUT2D eigenvalue weighted by molar-refractivity contribution is 6.30. The van der Waals surface area contributed by atoms with Gasteiger partial charge in [-0.05, 0) is 48.9 Å². The van der Waals surface area contributed by atoms with Gasteiger partial charge >= 0.3 is 0 Å². The predicted octanol–water partition coefficient (Wildman–Crippen LogP) is 3.88. The van der Waals surface area contributed by atoms with Gasteiger partial charge in [-0.2, -0.15) is 0 Å². The molecule has 0 radical (unpaired) electrons. The van der Waals surface area contributed by atoms with Crippen LogP contribution >= 0.6 is 11.6 Å². The minimum absolute atomic E-state index is 0.115. The number of rotatable bonds is 4. The number of halogens is 1. The smallest absolute Gasteiger partial charge is 0.251 e. The number of amides is 1. The highest BCUT2D eigenvalue weighted by Gasteiger charge is 2.12. The van der Waals surface area contributed by atoms with Crippen molar-refractivity contribution in [3.63, 3.8) is 0 Å². The monoisotopic (exact) mass is 327 g/mol. The Labute approximate surface area is 138 Å². The minimum Gasteiger partial charge on any atom is -0.423 e. The summed E-state index contributed by atoms with van der Waals surface area (Å²) in [6.45, 7) is 1.92. The van der Waals surface area contributed by atoms with Crippen LogP contribution in [0.15, 0.2) is 59.3 Å². The van der Waals surface area contributed by atoms with E-state index in [1.807, 2.05) is 19.1 Å². The molecule has 1 amide bonds. The van der Waals surface area contributed by atoms with Gasteiger partial charge in [-0.15, -0.1) is 10.2 Å². The molecule has 0 saturated heterocycles. The van der Waals surface area contributed by atoms with Gasteiger partial charge < -0.3 is 9.73 Å². The standard InChI is InChI=1S/C17H14ClN3O2/c1-11(12-6-8-15(18)9-7-12)20-16(22)13-2-4-14(5-3-13)17-21-19-10-23-17/h2-11H,1H3,(H,20,22)/t11-/m0/s1. The number of carbonyl (C=O) groups excluding carboxylic acids is 1. The van der Waals surface area contributed by atoms with Gasteiger partial charge in [0.05, 0.1) is 6.04 Å². The highest BCUT2D eigenvalue weighted by atomic mass is 35.5. The number of aromatic nitrogens is 2. The maximum Gasteiger partial charge on any atom is 0.251 e. The van der Waals surface area contributed by atoms with Gasteiger partial charge in [0.15, 0.2) is 0 Å². The van der Waals surface area contributed by atoms with Crippen LogP contribution in [0.5, 0.6) is 0 Å². The van der Waals surface area contributed by atoms with E-state index in [0.717, 1.165) is 11.1 Å². The van der Waals surface area contributed by atoms with Gasteiger partial charge in [0.2, 0.25) is 12.3 Å². The average molecular weight is 328 g/mol. The topological polar surface area (TPSA) is 68.0 Å². The molecular weight excluding hydrogens is 314 g/mol. The molecule has 0 saturated carbocycles. The molecule has 2 aromatic carbocycles. The molecule has 0 fully saturated rings. The highest BCUT2D eigenvalue weighted by Crippen LogP contribution is 2.19. The summed E-state index contributed by atoms with van der Waals surface area (Å²) < 4.78 is 5.12. The van der Waals surface area contributed by atoms with Crippen LogP contribution in [0.2, 0.25) is 5.02 Å². The first kappa shape index (κ1) is 15.2. The molecule has 23 heavy (non-hydrogen) atoms. The molecule has 6 heteroatoms. The van der Waals surface area contributed by atoms with E-state index in [9.17, 15) is 4.79 Å². The van der Waals surface area contributed by atoms with E-state index >= 15 is 0 Å². The Kier molecular flexibility index (Phi) is 4.39. The van der Waals surface area contributed by atoms with E-state index in [-0.39, 0.29) is 11.9 Å². The fourth-order valence-corrected chi connectivity index (χ4v) is 2.30. The Hall–Kier alpha value is -2.66. The third kappa shape index (κ3) is 3.57. The van der Waals surface area contributed by atoms with Crippen LogP contribution in [0.25, 0.3) is 11.5 Å². The molecule has 3 aromatic rings. The molecule has 1 N–H and O–H groups in total. The molecule has 3 rings (SSSR count). The third-order valence-electron chi connectivity index (χ3n) is 3.47. The van der Waals surface area contributed by atoms with E-state index in [1.165, 1.54) is 6.39 Å². The van der Waals surface area contributed by atoms with Crippen molar-refractivity contribution < 1.29 is 9.21 Å². The van der Waals surface area contributed by atoms with Crippen molar-refractivity contribution in [2.24, 2.45) is 0 Å². The molecule has 0 aliphatic rings. The summed E-state index contributed by atoms with van der Waals surface area (Å²) in [7, 11) is 0. The van der Waals surface area contributed by atoms with E-state index in [0.29, 0.717) is 16.5 Å². The average Bonchev–Trinajstić information content (AvgIpc) is 3.10. The van der Waals surface area contributed by atoms with Gasteiger partial charge in [-0.25, -0.2) is 0 Å². The lowest BCUT2D eigenvalue weighted by Crippen LogP contribution is -2.26. The van der Waals surface area contributed by atoms with Gasteiger partial charge in [0, 0.05) is 16.1 Å². The lowest BCUT2D eigenvalue weighted by Gasteiger charge is -2.14. The van der Waals surface area contributed by atoms with Crippen LogP contribution in [-0.2, 0) is 0 Å². The number of nitrogens with zero attached hydrogens (tertiary/aromatic N) is 2. The van der Waals surface area contributed by atoms with Crippen LogP contribution in [-0.4, -0.2) is 16.1 Å². The molecule has 0 bridgehead atoms. The summed E-state index contributed by atoms with van der Waals surface area (Å²) in [5.74, 6) is 0.274. The third-order valence-corrected chi connectivity index (χ3v) is 3.72. The summed E-state index contributed by atoms with van der Waals surface area (Å²) in [4.78, 5) is 12.3. The van der Waals surface area contributed by atoms with Crippen LogP contribution < -0.4 is 5.32 Å². The van der Waals surface area contributed by atoms with Gasteiger partial charge in [0.1, 0.15) is 0 Å². The molecule has 5 nitrogen and oxygen atoms in total. The summed E-state index contributed by atoms with van der Waals surface area (Å²) in [5, 5.41) is 11.1. The van der Waals surface area contributed by atoms with Crippen molar-refractivity contribution in [2.45, 2.75) is 13.0 Å². The Balaban J connectivity index is 1.69. The maximum atomic E-state index is 12.3. The van der Waals surface area contributed by atoms with Crippen LogP contribution in [0.1, 0.15) is 28.9 Å². The second kappa shape index (κ2) is 6.62. The van der Waals surface area contributed by atoms with Gasteiger partial charge in [-0.3, -0.25) is 4.79 Å². The Bertz CT molecular complexity index is 784. The van der Waals surface area contributed by atoms with Crippen molar-refractivity contribution in [1.29, 1.82) is 0 Å². The lowest BCUT2D eigenvalue weighted by molar-refractivity contribution is 0.0940. The fraction of sp³-hybridized carbons (Fsp3) is 0.118. The summed E-state index contributed by atoms with van der Waals surface area (Å²) in [6, 6.07) is 14.3. The van der Waals surface area contributed by atoms with Crippen molar-refractivity contribution in [2.75, 3.05) is 0 Å². The molecule has 1 aromatic heterocycles. The normalized spacial score (nSPS) is 11.9. The Morgan fingerprint density at radius 2 is 1.83 bits per heavy atom. The molecule has 0 spiro atoms. The van der Waals surface area contributed by atoms with Crippen molar-refractivity contribution >= 4 is 17.5 Å². The molecule has 0 unspecified atom stereocenters. The van der Waals surface area contributed by atoms with Crippen molar-refractivity contribution in [1.82, 2.24) is 15.5 Å². The van der Waals surface area contributed by atoms with Crippen molar-refractivity contribution in [3.8, 4) is 11.5 Å². The second-order valence-corrected chi connectivity index (χ2v) is 5.50. The molecule has 1 heterocycles. The van der Waals surface area contributed by atoms with Crippen LogP contribution in [0, 0.1) is 0 Å². The first-order valence-corrected chi connectivity index (χ1v) is 7.44. The zero-order chi connectivity index (χ0) is 16.2. The number of hydrogen-bond donors (Lipinski definition) is 1. The van der Waals surface area contributed by atoms with Gasteiger partial charge in [0.25, 0.3) is 5.91 Å². The number of carbonyl (C=O) groups is 1. The first-order chi connectivity index (χ1) is 11.1. The quantitative estimate of drug-likeness (QED) is 0.789. The van der Waals surface area contributed by atoms with Gasteiger partial charge in [-0.1, -0.05) is 23.7 Å². The number of nitrogens with one attached hydrogen (secondary N) is 1. The molecular formula is C17H14ClN3O2. The molecule has 0 aliphatic carbocycles. The zero-order valence-electron chi connectivity index (χ0n) is 12.4. The SMILES string of the molecule is C[C@H](NC(=O)c1ccc(-c2nnco2)cc1)c1ccc(Cl)cc1. The van der Waals surface area contributed by atoms with E-state index in [1.54, 1.807) is 36.4 Å². The Morgan fingerprint density at radius 3 is 2.43 bits per heavy atom. The predicted molar refractivity (Wildman–Crippen MR) is 87.1 cm³/mol. The maximum absolute atomic E-state index is 12.3. The zero-order valence-corrected chi connectivity index (χ0v) is 13.1. The molecule has 0 aliphatic heterocycles. The number of hydrogen-bond acceptors (Lipinski definition) is 4. The largest absolute Gasteiger partial charge is 0.423 e. The van der Waals surface area contributed by atoms with Crippen LogP contribution in [0.4, 0.5) is 0 Å². The summed E-state index contributed by atoms with van der Waals surface area (Å²) in [5.41, 5.74) is 2.32. The van der Waals surface area contributed by atoms with E-state index in [4.69, 9.17) is 16.0 Å². The van der Waals surface area contributed by atoms with Crippen LogP contribution in [0.3, 0.4) is 0 Å². The summed E-state index contributed by atoms with van der Waals surface area (Å²) in [6.07, 6.45) is 1.27. The fourth-order valence-electron chi connectivity index (χ4n) is 2.18.